The van der Waals surface area contributed by atoms with Crippen molar-refractivity contribution < 1.29 is 0 Å². The van der Waals surface area contributed by atoms with Gasteiger partial charge >= 0.3 is 0 Å². The smallest absolute Gasteiger partial charge is 0.0187 e. The minimum atomic E-state index is 0.0204. The second-order valence-electron chi connectivity index (χ2n) is 11.2. The molecule has 0 saturated heterocycles. The number of unbranched alkanes of at least 4 members (excludes halogenated alkanes) is 5. The first-order valence-corrected chi connectivity index (χ1v) is 13.7. The molecule has 172 valence electrons. The van der Waals surface area contributed by atoms with E-state index in [0.29, 0.717) is 0 Å². The van der Waals surface area contributed by atoms with Gasteiger partial charge in [-0.05, 0) is 82.1 Å². The van der Waals surface area contributed by atoms with Crippen molar-refractivity contribution in [3.05, 3.63) is 80.8 Å². The Morgan fingerprint density at radius 3 is 2.00 bits per heavy atom. The highest BCUT2D eigenvalue weighted by Gasteiger charge is 2.43. The molecule has 1 heteroatoms. The number of aryl methyl sites for hydroxylation is 1. The Morgan fingerprint density at radius 2 is 1.21 bits per heavy atom. The lowest BCUT2D eigenvalue weighted by atomic mass is 9.74. The maximum atomic E-state index is 3.71. The quantitative estimate of drug-likeness (QED) is 0.283. The topological polar surface area (TPSA) is 0 Å². The molecule has 0 nitrogen and oxygen atoms in total. The van der Waals surface area contributed by atoms with Gasteiger partial charge in [0.15, 0.2) is 0 Å². The third kappa shape index (κ3) is 3.63. The van der Waals surface area contributed by atoms with E-state index in [-0.39, 0.29) is 10.8 Å². The molecular formula is C32H37Br. The minimum Gasteiger partial charge on any atom is -0.0654 e. The standard InChI is InChI=1S/C32H37Br/c1-6-7-8-9-10-11-16-32(5)29-17-21(2)12-14-24(29)26-19-28-25(20-30(26)32)23-15-13-22(33)18-27(23)31(28,3)4/h12-15,17-20H,6-11,16H2,1-5H3. The van der Waals surface area contributed by atoms with Crippen molar-refractivity contribution >= 4 is 15.9 Å². The second kappa shape index (κ2) is 8.42. The normalized spacial score (nSPS) is 19.2. The number of benzene rings is 3. The third-order valence-corrected chi connectivity index (χ3v) is 8.95. The highest BCUT2D eigenvalue weighted by atomic mass is 79.9. The van der Waals surface area contributed by atoms with Crippen LogP contribution in [0.15, 0.2) is 53.0 Å². The first kappa shape index (κ1) is 22.9. The van der Waals surface area contributed by atoms with E-state index >= 15 is 0 Å². The average molecular weight is 502 g/mol. The number of hydrogen-bond donors (Lipinski definition) is 0. The summed E-state index contributed by atoms with van der Waals surface area (Å²) in [5, 5.41) is 0. The Morgan fingerprint density at radius 1 is 0.636 bits per heavy atom. The van der Waals surface area contributed by atoms with Gasteiger partial charge in [0.05, 0.1) is 0 Å². The van der Waals surface area contributed by atoms with E-state index in [4.69, 9.17) is 0 Å². The van der Waals surface area contributed by atoms with Crippen molar-refractivity contribution in [2.45, 2.75) is 90.4 Å². The zero-order valence-corrected chi connectivity index (χ0v) is 22.5. The molecule has 1 atom stereocenters. The van der Waals surface area contributed by atoms with Gasteiger partial charge in [-0.1, -0.05) is 112 Å². The zero-order valence-electron chi connectivity index (χ0n) is 20.9. The number of rotatable bonds is 7. The van der Waals surface area contributed by atoms with Crippen LogP contribution < -0.4 is 0 Å². The molecule has 5 rings (SSSR count). The van der Waals surface area contributed by atoms with Gasteiger partial charge in [0.25, 0.3) is 0 Å². The third-order valence-electron chi connectivity index (χ3n) is 8.46. The lowest BCUT2D eigenvalue weighted by Crippen LogP contribution is -2.21. The van der Waals surface area contributed by atoms with Crippen LogP contribution in [-0.4, -0.2) is 0 Å². The van der Waals surface area contributed by atoms with Crippen LogP contribution >= 0.6 is 15.9 Å². The zero-order chi connectivity index (χ0) is 23.4. The number of hydrogen-bond acceptors (Lipinski definition) is 0. The molecule has 1 unspecified atom stereocenters. The lowest BCUT2D eigenvalue weighted by molar-refractivity contribution is 0.480. The van der Waals surface area contributed by atoms with Gasteiger partial charge in [0.2, 0.25) is 0 Å². The molecule has 0 aliphatic heterocycles. The predicted octanol–water partition coefficient (Wildman–Crippen LogP) is 10.1. The molecule has 3 aromatic rings. The average Bonchev–Trinajstić information content (AvgIpc) is 3.15. The molecule has 0 amide bonds. The summed E-state index contributed by atoms with van der Waals surface area (Å²) >= 11 is 3.71. The Kier molecular flexibility index (Phi) is 5.84. The summed E-state index contributed by atoms with van der Waals surface area (Å²) in [5.41, 5.74) is 13.3. The summed E-state index contributed by atoms with van der Waals surface area (Å²) in [7, 11) is 0. The molecule has 0 bridgehead atoms. The summed E-state index contributed by atoms with van der Waals surface area (Å²) in [6, 6.07) is 19.1. The van der Waals surface area contributed by atoms with Gasteiger partial charge in [0.1, 0.15) is 0 Å². The highest BCUT2D eigenvalue weighted by molar-refractivity contribution is 9.10. The molecule has 33 heavy (non-hydrogen) atoms. The van der Waals surface area contributed by atoms with Gasteiger partial charge < -0.3 is 0 Å². The fourth-order valence-electron chi connectivity index (χ4n) is 6.46. The fourth-order valence-corrected chi connectivity index (χ4v) is 6.82. The molecule has 0 saturated carbocycles. The Bertz CT molecular complexity index is 1220. The van der Waals surface area contributed by atoms with Gasteiger partial charge in [-0.3, -0.25) is 0 Å². The Hall–Kier alpha value is -1.86. The first-order valence-electron chi connectivity index (χ1n) is 12.9. The van der Waals surface area contributed by atoms with Crippen molar-refractivity contribution in [3.63, 3.8) is 0 Å². The first-order chi connectivity index (χ1) is 15.8. The van der Waals surface area contributed by atoms with Crippen molar-refractivity contribution in [2.24, 2.45) is 0 Å². The number of halogens is 1. The molecule has 2 aliphatic carbocycles. The SMILES string of the molecule is CCCCCCCCC1(C)c2cc(C)ccc2-c2cc3c(cc21)-c1ccc(Br)cc1C3(C)C. The molecule has 0 spiro atoms. The fraction of sp³-hybridized carbons (Fsp3) is 0.438. The Balaban J connectivity index is 1.60. The monoisotopic (exact) mass is 500 g/mol. The second-order valence-corrected chi connectivity index (χ2v) is 12.1. The Labute approximate surface area is 209 Å². The molecular weight excluding hydrogens is 464 g/mol. The van der Waals surface area contributed by atoms with Crippen LogP contribution in [0.2, 0.25) is 0 Å². The molecule has 0 aromatic heterocycles. The van der Waals surface area contributed by atoms with Crippen molar-refractivity contribution in [1.29, 1.82) is 0 Å². The van der Waals surface area contributed by atoms with Crippen LogP contribution in [0.4, 0.5) is 0 Å². The van der Waals surface area contributed by atoms with Gasteiger partial charge in [-0.2, -0.15) is 0 Å². The summed E-state index contributed by atoms with van der Waals surface area (Å²) in [4.78, 5) is 0. The van der Waals surface area contributed by atoms with Gasteiger partial charge in [0, 0.05) is 15.3 Å². The lowest BCUT2D eigenvalue weighted by Gasteiger charge is -2.29. The summed E-state index contributed by atoms with van der Waals surface area (Å²) in [5.74, 6) is 0. The number of fused-ring (bicyclic) bond motifs is 6. The van der Waals surface area contributed by atoms with Crippen LogP contribution in [0, 0.1) is 6.92 Å². The highest BCUT2D eigenvalue weighted by Crippen LogP contribution is 2.57. The summed E-state index contributed by atoms with van der Waals surface area (Å²) < 4.78 is 1.17. The maximum absolute atomic E-state index is 3.71. The van der Waals surface area contributed by atoms with Crippen LogP contribution in [0.25, 0.3) is 22.3 Å². The van der Waals surface area contributed by atoms with Gasteiger partial charge in [-0.25, -0.2) is 0 Å². The molecule has 0 radical (unpaired) electrons. The van der Waals surface area contributed by atoms with Crippen molar-refractivity contribution in [1.82, 2.24) is 0 Å². The molecule has 0 heterocycles. The predicted molar refractivity (Wildman–Crippen MR) is 146 cm³/mol. The van der Waals surface area contributed by atoms with Gasteiger partial charge in [-0.15, -0.1) is 0 Å². The van der Waals surface area contributed by atoms with Crippen LogP contribution in [-0.2, 0) is 10.8 Å². The van der Waals surface area contributed by atoms with E-state index in [1.165, 1.54) is 88.4 Å². The van der Waals surface area contributed by atoms with Crippen LogP contribution in [0.5, 0.6) is 0 Å². The van der Waals surface area contributed by atoms with E-state index in [0.717, 1.165) is 0 Å². The van der Waals surface area contributed by atoms with Crippen molar-refractivity contribution in [3.8, 4) is 22.3 Å². The van der Waals surface area contributed by atoms with E-state index in [1.54, 1.807) is 11.1 Å². The molecule has 0 fully saturated rings. The molecule has 3 aromatic carbocycles. The largest absolute Gasteiger partial charge is 0.0654 e. The maximum Gasteiger partial charge on any atom is 0.0187 e. The van der Waals surface area contributed by atoms with E-state index in [1.807, 2.05) is 0 Å². The van der Waals surface area contributed by atoms with Crippen LogP contribution in [0.3, 0.4) is 0 Å². The van der Waals surface area contributed by atoms with E-state index in [2.05, 4.69) is 99.1 Å². The molecule has 2 aliphatic rings. The van der Waals surface area contributed by atoms with E-state index < -0.39 is 0 Å². The minimum absolute atomic E-state index is 0.0204. The van der Waals surface area contributed by atoms with E-state index in [9.17, 15) is 0 Å². The molecule has 0 N–H and O–H groups in total. The van der Waals surface area contributed by atoms with Crippen molar-refractivity contribution in [2.75, 3.05) is 0 Å². The summed E-state index contributed by atoms with van der Waals surface area (Å²) in [6.45, 7) is 11.8. The summed E-state index contributed by atoms with van der Waals surface area (Å²) in [6.07, 6.45) is 9.33. The van der Waals surface area contributed by atoms with Crippen LogP contribution in [0.1, 0.15) is 100 Å².